The molecule has 0 aliphatic carbocycles. The topological polar surface area (TPSA) is 144 Å². The second-order valence-electron chi connectivity index (χ2n) is 8.15. The number of hydrogen-bond acceptors (Lipinski definition) is 8. The molecule has 5 rings (SSSR count). The van der Waals surface area contributed by atoms with Crippen molar-refractivity contribution in [3.05, 3.63) is 126 Å². The molecule has 1 N–H and O–H groups in total. The van der Waals surface area contributed by atoms with Crippen LogP contribution < -0.4 is 20.1 Å². The molecule has 5 aromatic rings. The molecule has 0 atom stereocenters. The third-order valence-electron chi connectivity index (χ3n) is 5.66. The van der Waals surface area contributed by atoms with Crippen LogP contribution in [0.4, 0.5) is 5.69 Å². The minimum Gasteiger partial charge on any atom is -0.467 e. The predicted octanol–water partition coefficient (Wildman–Crippen LogP) is 3.48. The van der Waals surface area contributed by atoms with Crippen LogP contribution in [-0.2, 0) is 11.3 Å². The van der Waals surface area contributed by atoms with Crippen molar-refractivity contribution in [1.29, 1.82) is 5.26 Å². The molecule has 3 aromatic heterocycles. The van der Waals surface area contributed by atoms with Gasteiger partial charge in [-0.1, -0.05) is 18.2 Å². The number of aromatic nitrogens is 1. The summed E-state index contributed by atoms with van der Waals surface area (Å²) in [5.41, 5.74) is 0.426. The number of nitrogens with one attached hydrogen (secondary N) is 1. The van der Waals surface area contributed by atoms with Crippen molar-refractivity contribution in [2.45, 2.75) is 6.54 Å². The van der Waals surface area contributed by atoms with Crippen LogP contribution in [0.1, 0.15) is 11.5 Å². The van der Waals surface area contributed by atoms with Gasteiger partial charge in [-0.05, 0) is 48.5 Å². The standard InChI is InChI=1S/C28H18N4O6S/c29-16-23(26(33)30-17-22-7-4-14-37-22)28-31(19-5-2-1-3-6-19)27(34)25(39-28)15-21-12-13-24(38-21)18-8-10-20(11-9-18)32(35)36/h1-15H,17H2,(H,30,33). The van der Waals surface area contributed by atoms with Gasteiger partial charge in [0.25, 0.3) is 17.2 Å². The van der Waals surface area contributed by atoms with E-state index in [0.717, 1.165) is 11.3 Å². The third-order valence-corrected chi connectivity index (χ3v) is 6.75. The number of nitro benzene ring substituents is 1. The summed E-state index contributed by atoms with van der Waals surface area (Å²) in [6, 6.07) is 23.3. The Morgan fingerprint density at radius 1 is 1.08 bits per heavy atom. The third kappa shape index (κ3) is 5.31. The zero-order chi connectivity index (χ0) is 27.4. The lowest BCUT2D eigenvalue weighted by Gasteiger charge is -2.04. The molecule has 0 fully saturated rings. The van der Waals surface area contributed by atoms with Gasteiger partial charge >= 0.3 is 0 Å². The van der Waals surface area contributed by atoms with Crippen LogP contribution in [0, 0.1) is 21.4 Å². The van der Waals surface area contributed by atoms with Gasteiger partial charge in [-0.25, -0.2) is 0 Å². The van der Waals surface area contributed by atoms with Gasteiger partial charge in [0.2, 0.25) is 0 Å². The number of furan rings is 2. The molecule has 1 amide bonds. The van der Waals surface area contributed by atoms with Gasteiger partial charge in [-0.15, -0.1) is 11.3 Å². The first-order valence-electron chi connectivity index (χ1n) is 11.5. The largest absolute Gasteiger partial charge is 0.467 e. The Hall–Kier alpha value is -5.47. The lowest BCUT2D eigenvalue weighted by atomic mass is 10.1. The van der Waals surface area contributed by atoms with E-state index < -0.39 is 16.4 Å². The summed E-state index contributed by atoms with van der Waals surface area (Å²) >= 11 is 0.987. The maximum Gasteiger partial charge on any atom is 0.273 e. The van der Waals surface area contributed by atoms with Gasteiger partial charge in [-0.2, -0.15) is 5.26 Å². The fraction of sp³-hybridized carbons (Fsp3) is 0.0357. The van der Waals surface area contributed by atoms with Crippen LogP contribution in [-0.4, -0.2) is 15.4 Å². The van der Waals surface area contributed by atoms with Gasteiger partial charge in [0.05, 0.1) is 28.0 Å². The van der Waals surface area contributed by atoms with Crippen LogP contribution >= 0.6 is 11.3 Å². The molecule has 0 unspecified atom stereocenters. The molecule has 0 saturated carbocycles. The lowest BCUT2D eigenvalue weighted by Crippen LogP contribution is -2.33. The number of benzene rings is 2. The molecule has 2 aromatic carbocycles. The number of rotatable bonds is 7. The zero-order valence-corrected chi connectivity index (χ0v) is 20.9. The highest BCUT2D eigenvalue weighted by molar-refractivity contribution is 7.07. The summed E-state index contributed by atoms with van der Waals surface area (Å²) < 4.78 is 12.8. The second kappa shape index (κ2) is 10.9. The molecule has 0 radical (unpaired) electrons. The molecule has 10 nitrogen and oxygen atoms in total. The van der Waals surface area contributed by atoms with Crippen LogP contribution in [0.15, 0.2) is 98.8 Å². The average molecular weight is 539 g/mol. The van der Waals surface area contributed by atoms with E-state index in [1.54, 1.807) is 66.7 Å². The van der Waals surface area contributed by atoms with Gasteiger partial charge in [0, 0.05) is 23.8 Å². The van der Waals surface area contributed by atoms with E-state index in [2.05, 4.69) is 5.32 Å². The Morgan fingerprint density at radius 2 is 1.85 bits per heavy atom. The highest BCUT2D eigenvalue weighted by atomic mass is 32.1. The molecular weight excluding hydrogens is 520 g/mol. The quantitative estimate of drug-likeness (QED) is 0.247. The van der Waals surface area contributed by atoms with Crippen molar-refractivity contribution in [2.75, 3.05) is 0 Å². The first-order valence-corrected chi connectivity index (χ1v) is 12.3. The molecule has 0 spiro atoms. The van der Waals surface area contributed by atoms with E-state index in [0.29, 0.717) is 28.5 Å². The first-order chi connectivity index (χ1) is 18.9. The van der Waals surface area contributed by atoms with Gasteiger partial charge in [0.15, 0.2) is 5.57 Å². The summed E-state index contributed by atoms with van der Waals surface area (Å²) in [5, 5.41) is 23.5. The smallest absolute Gasteiger partial charge is 0.273 e. The second-order valence-corrected chi connectivity index (χ2v) is 9.18. The summed E-state index contributed by atoms with van der Waals surface area (Å²) in [6.07, 6.45) is 3.01. The van der Waals surface area contributed by atoms with Crippen LogP contribution in [0.2, 0.25) is 0 Å². The number of non-ortho nitro benzene ring substituents is 1. The summed E-state index contributed by atoms with van der Waals surface area (Å²) in [6.45, 7) is 0.0781. The lowest BCUT2D eigenvalue weighted by molar-refractivity contribution is -0.384. The van der Waals surface area contributed by atoms with Crippen molar-refractivity contribution in [3.63, 3.8) is 0 Å². The molecule has 0 bridgehead atoms. The average Bonchev–Trinajstić information content (AvgIpc) is 3.70. The number of nitrogens with zero attached hydrogens (tertiary/aromatic N) is 3. The van der Waals surface area contributed by atoms with E-state index in [-0.39, 0.29) is 27.0 Å². The van der Waals surface area contributed by atoms with Gasteiger partial charge in [0.1, 0.15) is 28.0 Å². The number of nitro groups is 1. The maximum atomic E-state index is 13.5. The summed E-state index contributed by atoms with van der Waals surface area (Å²) in [5.74, 6) is 0.680. The van der Waals surface area contributed by atoms with E-state index in [1.807, 2.05) is 6.07 Å². The van der Waals surface area contributed by atoms with E-state index in [1.165, 1.54) is 29.0 Å². The SMILES string of the molecule is N#CC(C(=O)NCc1ccco1)=c1sc(=Cc2ccc(-c3ccc([N+](=O)[O-])cc3)o2)c(=O)n1-c1ccccc1. The number of para-hydroxylation sites is 1. The summed E-state index contributed by atoms with van der Waals surface area (Å²) in [7, 11) is 0. The Balaban J connectivity index is 1.59. The van der Waals surface area contributed by atoms with Crippen molar-refractivity contribution in [2.24, 2.45) is 0 Å². The van der Waals surface area contributed by atoms with Gasteiger partial charge < -0.3 is 14.2 Å². The van der Waals surface area contributed by atoms with Crippen molar-refractivity contribution in [3.8, 4) is 23.1 Å². The van der Waals surface area contributed by atoms with Gasteiger partial charge in [-0.3, -0.25) is 24.3 Å². The molecule has 11 heteroatoms. The highest BCUT2D eigenvalue weighted by Gasteiger charge is 2.17. The number of thiazole rings is 1. The van der Waals surface area contributed by atoms with Crippen molar-refractivity contribution < 1.29 is 18.6 Å². The molecule has 39 heavy (non-hydrogen) atoms. The predicted molar refractivity (Wildman–Crippen MR) is 143 cm³/mol. The number of hydrogen-bond donors (Lipinski definition) is 1. The summed E-state index contributed by atoms with van der Waals surface area (Å²) in [4.78, 5) is 36.9. The van der Waals surface area contributed by atoms with Crippen molar-refractivity contribution in [1.82, 2.24) is 9.88 Å². The molecule has 0 aliphatic rings. The Bertz CT molecular complexity index is 1880. The number of carbonyl (C=O) groups excluding carboxylic acids is 1. The maximum absolute atomic E-state index is 13.5. The fourth-order valence-electron chi connectivity index (χ4n) is 3.79. The van der Waals surface area contributed by atoms with Crippen LogP contribution in [0.5, 0.6) is 0 Å². The number of carbonyl (C=O) groups is 1. The molecule has 3 heterocycles. The normalized spacial score (nSPS) is 12.1. The molecule has 0 saturated heterocycles. The Labute approximate surface area is 224 Å². The number of amides is 1. The Kier molecular flexibility index (Phi) is 7.02. The molecule has 0 aliphatic heterocycles. The van der Waals surface area contributed by atoms with E-state index >= 15 is 0 Å². The molecule has 192 valence electrons. The monoisotopic (exact) mass is 538 g/mol. The van der Waals surface area contributed by atoms with Crippen molar-refractivity contribution >= 4 is 34.6 Å². The van der Waals surface area contributed by atoms with E-state index in [4.69, 9.17) is 8.83 Å². The highest BCUT2D eigenvalue weighted by Crippen LogP contribution is 2.24. The molecular formula is C28H18N4O6S. The minimum absolute atomic E-state index is 0.0394. The number of nitriles is 1. The van der Waals surface area contributed by atoms with E-state index in [9.17, 15) is 25.0 Å². The zero-order valence-electron chi connectivity index (χ0n) is 20.1. The van der Waals surface area contributed by atoms with Crippen LogP contribution in [0.3, 0.4) is 0 Å². The fourth-order valence-corrected chi connectivity index (χ4v) is 4.87. The minimum atomic E-state index is -0.648. The first kappa shape index (κ1) is 25.2. The van der Waals surface area contributed by atoms with Crippen LogP contribution in [0.25, 0.3) is 28.7 Å². The Morgan fingerprint density at radius 3 is 2.51 bits per heavy atom.